The highest BCUT2D eigenvalue weighted by atomic mass is 35.5. The van der Waals surface area contributed by atoms with Crippen LogP contribution in [0.2, 0.25) is 5.02 Å². The van der Waals surface area contributed by atoms with Gasteiger partial charge >= 0.3 is 0 Å². The summed E-state index contributed by atoms with van der Waals surface area (Å²) in [7, 11) is 3.65. The van der Waals surface area contributed by atoms with Crippen LogP contribution in [0.25, 0.3) is 22.6 Å². The van der Waals surface area contributed by atoms with Gasteiger partial charge in [-0.05, 0) is 93.9 Å². The van der Waals surface area contributed by atoms with E-state index in [-0.39, 0.29) is 35.5 Å². The van der Waals surface area contributed by atoms with Crippen molar-refractivity contribution < 1.29 is 23.9 Å². The molecule has 5 aromatic rings. The average Bonchev–Trinajstić information content (AvgIpc) is 3.84. The number of anilines is 1. The van der Waals surface area contributed by atoms with Crippen LogP contribution in [0.5, 0.6) is 11.5 Å². The SMILES string of the molecule is Cc1nn(C)cc1-c1nc2ncc(Cl)c(Oc3ccc(C(=O)NCCN(C)C(=O)C4CCN(CC5CCN(c6cncc([C@@H]7CCC(=O)NC7=O)c6)CC5)CC4)cc3)c2[nH]1. The van der Waals surface area contributed by atoms with Gasteiger partial charge in [0.05, 0.1) is 35.3 Å². The minimum Gasteiger partial charge on any atom is -0.453 e. The number of hydrogen-bond donors (Lipinski definition) is 3. The van der Waals surface area contributed by atoms with Gasteiger partial charge in [-0.2, -0.15) is 5.10 Å². The molecular formula is C43H50ClN11O5. The Bertz CT molecular complexity index is 2380. The molecule has 3 aliphatic rings. The fourth-order valence-electron chi connectivity index (χ4n) is 8.55. The number of imide groups is 1. The molecule has 0 radical (unpaired) electrons. The number of fused-ring (bicyclic) bond motifs is 1. The fraction of sp³-hybridized carbons (Fsp3) is 0.442. The van der Waals surface area contributed by atoms with Crippen LogP contribution in [0.15, 0.2) is 55.1 Å². The maximum atomic E-state index is 13.4. The number of aromatic nitrogens is 6. The number of imidazole rings is 1. The van der Waals surface area contributed by atoms with Crippen molar-refractivity contribution in [1.29, 1.82) is 0 Å². The van der Waals surface area contributed by atoms with E-state index in [1.165, 1.54) is 6.20 Å². The molecule has 3 aliphatic heterocycles. The van der Waals surface area contributed by atoms with E-state index in [2.05, 4.69) is 51.5 Å². The van der Waals surface area contributed by atoms with Crippen molar-refractivity contribution >= 4 is 52.1 Å². The van der Waals surface area contributed by atoms with Crippen molar-refractivity contribution in [3.05, 3.63) is 77.0 Å². The van der Waals surface area contributed by atoms with Gasteiger partial charge in [-0.25, -0.2) is 9.97 Å². The van der Waals surface area contributed by atoms with E-state index in [1.807, 2.05) is 26.4 Å². The van der Waals surface area contributed by atoms with Crippen molar-refractivity contribution in [3.8, 4) is 22.9 Å². The number of likely N-dealkylation sites (tertiary alicyclic amines) is 1. The highest BCUT2D eigenvalue weighted by Gasteiger charge is 2.31. The van der Waals surface area contributed by atoms with Crippen molar-refractivity contribution in [2.24, 2.45) is 18.9 Å². The van der Waals surface area contributed by atoms with E-state index in [4.69, 9.17) is 16.3 Å². The third kappa shape index (κ3) is 9.14. The Morgan fingerprint density at radius 3 is 2.50 bits per heavy atom. The largest absolute Gasteiger partial charge is 0.453 e. The van der Waals surface area contributed by atoms with Gasteiger partial charge < -0.3 is 29.7 Å². The molecule has 0 bridgehead atoms. The molecule has 0 saturated carbocycles. The van der Waals surface area contributed by atoms with E-state index >= 15 is 0 Å². The summed E-state index contributed by atoms with van der Waals surface area (Å²) in [5.41, 5.74) is 5.02. The summed E-state index contributed by atoms with van der Waals surface area (Å²) in [6, 6.07) is 8.83. The molecule has 0 aliphatic carbocycles. The van der Waals surface area contributed by atoms with Crippen molar-refractivity contribution in [3.63, 3.8) is 0 Å². The summed E-state index contributed by atoms with van der Waals surface area (Å²) < 4.78 is 7.89. The molecule has 17 heteroatoms. The zero-order valence-corrected chi connectivity index (χ0v) is 34.9. The molecule has 4 amide bonds. The molecular weight excluding hydrogens is 786 g/mol. The Hall–Kier alpha value is -5.87. The smallest absolute Gasteiger partial charge is 0.251 e. The van der Waals surface area contributed by atoms with Gasteiger partial charge in [0.2, 0.25) is 17.7 Å². The van der Waals surface area contributed by atoms with Gasteiger partial charge in [-0.3, -0.25) is 34.2 Å². The first-order chi connectivity index (χ1) is 29.0. The number of ether oxygens (including phenoxy) is 1. The third-order valence-electron chi connectivity index (χ3n) is 12.0. The summed E-state index contributed by atoms with van der Waals surface area (Å²) in [6.45, 7) is 7.31. The Kier molecular flexibility index (Phi) is 12.1. The number of aryl methyl sites for hydroxylation is 2. The first-order valence-electron chi connectivity index (χ1n) is 20.6. The quantitative estimate of drug-likeness (QED) is 0.146. The van der Waals surface area contributed by atoms with Crippen molar-refractivity contribution in [2.75, 3.05) is 57.8 Å². The maximum absolute atomic E-state index is 13.4. The molecule has 0 spiro atoms. The van der Waals surface area contributed by atoms with E-state index < -0.39 is 0 Å². The summed E-state index contributed by atoms with van der Waals surface area (Å²) in [6.07, 6.45) is 11.6. The summed E-state index contributed by atoms with van der Waals surface area (Å²) >= 11 is 6.51. The van der Waals surface area contributed by atoms with Crippen LogP contribution in [0, 0.1) is 18.8 Å². The van der Waals surface area contributed by atoms with Gasteiger partial charge in [0.25, 0.3) is 5.91 Å². The van der Waals surface area contributed by atoms with Gasteiger partial charge in [0.1, 0.15) is 22.1 Å². The lowest BCUT2D eigenvalue weighted by molar-refractivity contribution is -0.136. The second-order valence-electron chi connectivity index (χ2n) is 16.1. The monoisotopic (exact) mass is 835 g/mol. The molecule has 3 N–H and O–H groups in total. The number of pyridine rings is 2. The van der Waals surface area contributed by atoms with Crippen LogP contribution < -0.4 is 20.3 Å². The molecule has 4 aromatic heterocycles. The molecule has 1 aromatic carbocycles. The topological polar surface area (TPSA) is 184 Å². The molecule has 314 valence electrons. The van der Waals surface area contributed by atoms with E-state index in [9.17, 15) is 19.2 Å². The minimum absolute atomic E-state index is 0.0246. The van der Waals surface area contributed by atoms with Crippen LogP contribution in [0.3, 0.4) is 0 Å². The number of halogens is 1. The Labute approximate surface area is 353 Å². The molecule has 0 unspecified atom stereocenters. The van der Waals surface area contributed by atoms with Gasteiger partial charge in [-0.1, -0.05) is 11.6 Å². The molecule has 60 heavy (non-hydrogen) atoms. The van der Waals surface area contributed by atoms with E-state index in [0.29, 0.717) is 70.9 Å². The molecule has 7 heterocycles. The first-order valence-corrected chi connectivity index (χ1v) is 21.0. The zero-order valence-electron chi connectivity index (χ0n) is 34.1. The predicted molar refractivity (Wildman–Crippen MR) is 226 cm³/mol. The van der Waals surface area contributed by atoms with E-state index in [0.717, 1.165) is 80.9 Å². The lowest BCUT2D eigenvalue weighted by Gasteiger charge is -2.38. The molecule has 1 atom stereocenters. The van der Waals surface area contributed by atoms with Crippen LogP contribution in [-0.2, 0) is 21.4 Å². The summed E-state index contributed by atoms with van der Waals surface area (Å²) in [4.78, 5) is 73.6. The standard InChI is InChI=1S/C43H50ClN11O5/c1-26-34(25-53(3)51-26)39-49-37-38(35(44)23-47-40(37)50-39)60-32-6-4-28(5-7-32)41(57)46-14-19-52(2)43(59)29-12-15-54(16-13-29)24-27-10-17-55(18-11-27)31-20-30(21-45-22-31)33-8-9-36(56)48-42(33)58/h4-7,20-23,25,27,29,33H,8-19,24H2,1-3H3,(H,46,57)(H,47,49,50)(H,48,56,58)/t33-/m0/s1. The number of likely N-dealkylation sites (N-methyl/N-ethyl adjacent to an activating group) is 1. The number of nitrogens with zero attached hydrogens (tertiary/aromatic N) is 8. The van der Waals surface area contributed by atoms with Crippen LogP contribution in [0.4, 0.5) is 5.69 Å². The molecule has 3 fully saturated rings. The molecule has 8 rings (SSSR count). The number of aromatic amines is 1. The predicted octanol–water partition coefficient (Wildman–Crippen LogP) is 4.84. The zero-order chi connectivity index (χ0) is 41.9. The number of hydrogen-bond acceptors (Lipinski definition) is 11. The van der Waals surface area contributed by atoms with Crippen LogP contribution in [-0.4, -0.2) is 116 Å². The number of H-pyrrole nitrogens is 1. The Morgan fingerprint density at radius 2 is 1.78 bits per heavy atom. The normalized spacial score (nSPS) is 18.1. The van der Waals surface area contributed by atoms with E-state index in [1.54, 1.807) is 47.1 Å². The lowest BCUT2D eigenvalue weighted by Crippen LogP contribution is -2.45. The fourth-order valence-corrected chi connectivity index (χ4v) is 8.73. The number of carbonyl (C=O) groups is 4. The molecule has 16 nitrogen and oxygen atoms in total. The maximum Gasteiger partial charge on any atom is 0.251 e. The highest BCUT2D eigenvalue weighted by molar-refractivity contribution is 6.32. The number of nitrogens with one attached hydrogen (secondary N) is 3. The number of benzene rings is 1. The van der Waals surface area contributed by atoms with Crippen LogP contribution in [0.1, 0.15) is 66.1 Å². The summed E-state index contributed by atoms with van der Waals surface area (Å²) in [5, 5.41) is 10.1. The van der Waals surface area contributed by atoms with Gasteiger partial charge in [0, 0.05) is 77.1 Å². The number of piperidine rings is 3. The first kappa shape index (κ1) is 40.9. The third-order valence-corrected chi connectivity index (χ3v) is 12.2. The van der Waals surface area contributed by atoms with Crippen molar-refractivity contribution in [1.82, 2.24) is 50.1 Å². The van der Waals surface area contributed by atoms with Gasteiger partial charge in [0.15, 0.2) is 11.4 Å². The Morgan fingerprint density at radius 1 is 1.02 bits per heavy atom. The van der Waals surface area contributed by atoms with Crippen molar-refractivity contribution in [2.45, 2.75) is 51.4 Å². The van der Waals surface area contributed by atoms with Crippen LogP contribution >= 0.6 is 11.6 Å². The van der Waals surface area contributed by atoms with Gasteiger partial charge in [-0.15, -0.1) is 0 Å². The average molecular weight is 836 g/mol. The minimum atomic E-state index is -0.338. The number of carbonyl (C=O) groups excluding carboxylic acids is 4. The Balaban J connectivity index is 0.750. The summed E-state index contributed by atoms with van der Waals surface area (Å²) in [5.74, 6) is 1.11. The lowest BCUT2D eigenvalue weighted by atomic mass is 9.90. The number of rotatable bonds is 12. The number of amides is 4. The second kappa shape index (κ2) is 17.8. The second-order valence-corrected chi connectivity index (χ2v) is 16.6. The highest BCUT2D eigenvalue weighted by Crippen LogP contribution is 2.36. The molecule has 3 saturated heterocycles.